The SMILES string of the molecule is CN(C)[C@H](CNC(=O)c1ccccc1COc1ccccc1)C1CC1. The number of carbonyl (C=O) groups is 1. The maximum Gasteiger partial charge on any atom is 0.251 e. The van der Waals surface area contributed by atoms with E-state index in [-0.39, 0.29) is 5.91 Å². The average Bonchev–Trinajstić information content (AvgIpc) is 3.46. The Bertz CT molecular complexity index is 694. The number of amides is 1. The summed E-state index contributed by atoms with van der Waals surface area (Å²) in [6, 6.07) is 17.7. The molecule has 0 spiro atoms. The molecule has 1 aliphatic carbocycles. The summed E-state index contributed by atoms with van der Waals surface area (Å²) in [4.78, 5) is 14.9. The van der Waals surface area contributed by atoms with Crippen LogP contribution in [0.2, 0.25) is 0 Å². The van der Waals surface area contributed by atoms with Crippen LogP contribution in [0.15, 0.2) is 54.6 Å². The molecule has 0 bridgehead atoms. The molecule has 1 aliphatic rings. The van der Waals surface area contributed by atoms with E-state index in [1.165, 1.54) is 12.8 Å². The fraction of sp³-hybridized carbons (Fsp3) is 0.381. The minimum absolute atomic E-state index is 0.0280. The second-order valence-corrected chi connectivity index (χ2v) is 6.84. The van der Waals surface area contributed by atoms with Gasteiger partial charge < -0.3 is 15.0 Å². The summed E-state index contributed by atoms with van der Waals surface area (Å²) in [6.07, 6.45) is 2.53. The van der Waals surface area contributed by atoms with Gasteiger partial charge in [0.2, 0.25) is 0 Å². The molecule has 0 heterocycles. The Kier molecular flexibility index (Phi) is 5.71. The molecule has 4 nitrogen and oxygen atoms in total. The molecule has 132 valence electrons. The highest BCUT2D eigenvalue weighted by molar-refractivity contribution is 5.95. The van der Waals surface area contributed by atoms with Crippen LogP contribution in [0.3, 0.4) is 0 Å². The summed E-state index contributed by atoms with van der Waals surface area (Å²) < 4.78 is 5.81. The van der Waals surface area contributed by atoms with Crippen molar-refractivity contribution >= 4 is 5.91 Å². The molecule has 0 unspecified atom stereocenters. The standard InChI is InChI=1S/C21H26N2O2/c1-23(2)20(16-12-13-16)14-22-21(24)19-11-7-6-8-17(19)15-25-18-9-4-3-5-10-18/h3-11,16,20H,12-15H2,1-2H3,(H,22,24)/t20-/m1/s1. The monoisotopic (exact) mass is 338 g/mol. The van der Waals surface area contributed by atoms with E-state index in [1.807, 2.05) is 54.6 Å². The zero-order chi connectivity index (χ0) is 17.6. The lowest BCUT2D eigenvalue weighted by atomic mass is 10.1. The van der Waals surface area contributed by atoms with Crippen molar-refractivity contribution in [3.8, 4) is 5.75 Å². The summed E-state index contributed by atoms with van der Waals surface area (Å²) in [5, 5.41) is 3.10. The van der Waals surface area contributed by atoms with Crippen molar-refractivity contribution in [2.45, 2.75) is 25.5 Å². The lowest BCUT2D eigenvalue weighted by Gasteiger charge is -2.24. The molecule has 1 fully saturated rings. The first-order valence-corrected chi connectivity index (χ1v) is 8.85. The molecule has 1 saturated carbocycles. The van der Waals surface area contributed by atoms with Crippen molar-refractivity contribution in [3.05, 3.63) is 65.7 Å². The predicted octanol–water partition coefficient (Wildman–Crippen LogP) is 3.34. The Balaban J connectivity index is 1.62. The van der Waals surface area contributed by atoms with Gasteiger partial charge in [0.25, 0.3) is 5.91 Å². The van der Waals surface area contributed by atoms with E-state index < -0.39 is 0 Å². The third-order valence-electron chi connectivity index (χ3n) is 4.70. The third kappa shape index (κ3) is 4.83. The van der Waals surface area contributed by atoms with Crippen LogP contribution in [0, 0.1) is 5.92 Å². The summed E-state index contributed by atoms with van der Waals surface area (Å²) in [7, 11) is 4.16. The van der Waals surface area contributed by atoms with Gasteiger partial charge in [0.1, 0.15) is 12.4 Å². The smallest absolute Gasteiger partial charge is 0.251 e. The number of ether oxygens (including phenoxy) is 1. The Hall–Kier alpha value is -2.33. The van der Waals surface area contributed by atoms with Gasteiger partial charge in [-0.1, -0.05) is 36.4 Å². The molecule has 4 heteroatoms. The van der Waals surface area contributed by atoms with Crippen LogP contribution in [0.1, 0.15) is 28.8 Å². The second-order valence-electron chi connectivity index (χ2n) is 6.84. The molecule has 2 aromatic carbocycles. The topological polar surface area (TPSA) is 41.6 Å². The minimum atomic E-state index is -0.0280. The molecule has 25 heavy (non-hydrogen) atoms. The third-order valence-corrected chi connectivity index (χ3v) is 4.70. The predicted molar refractivity (Wildman–Crippen MR) is 99.7 cm³/mol. The van der Waals surface area contributed by atoms with Crippen molar-refractivity contribution in [2.24, 2.45) is 5.92 Å². The van der Waals surface area contributed by atoms with E-state index in [0.29, 0.717) is 30.7 Å². The van der Waals surface area contributed by atoms with E-state index >= 15 is 0 Å². The Morgan fingerprint density at radius 1 is 1.12 bits per heavy atom. The number of benzene rings is 2. The highest BCUT2D eigenvalue weighted by Gasteiger charge is 2.32. The number of hydrogen-bond donors (Lipinski definition) is 1. The Morgan fingerprint density at radius 3 is 2.48 bits per heavy atom. The number of nitrogens with one attached hydrogen (secondary N) is 1. The van der Waals surface area contributed by atoms with Crippen LogP contribution in [-0.4, -0.2) is 37.5 Å². The second kappa shape index (κ2) is 8.17. The number of para-hydroxylation sites is 1. The van der Waals surface area contributed by atoms with E-state index in [0.717, 1.165) is 11.3 Å². The van der Waals surface area contributed by atoms with Gasteiger partial charge in [-0.2, -0.15) is 0 Å². The van der Waals surface area contributed by atoms with Crippen molar-refractivity contribution in [1.82, 2.24) is 10.2 Å². The molecule has 0 aromatic heterocycles. The lowest BCUT2D eigenvalue weighted by molar-refractivity contribution is 0.0936. The summed E-state index contributed by atoms with van der Waals surface area (Å²) >= 11 is 0. The number of carbonyl (C=O) groups excluding carboxylic acids is 1. The van der Waals surface area contributed by atoms with Gasteiger partial charge in [-0.15, -0.1) is 0 Å². The van der Waals surface area contributed by atoms with E-state index in [2.05, 4.69) is 24.3 Å². The summed E-state index contributed by atoms with van der Waals surface area (Å²) in [6.45, 7) is 1.07. The number of nitrogens with zero attached hydrogens (tertiary/aromatic N) is 1. The zero-order valence-electron chi connectivity index (χ0n) is 14.9. The molecule has 1 N–H and O–H groups in total. The first kappa shape index (κ1) is 17.5. The van der Waals surface area contributed by atoms with Gasteiger partial charge in [0.05, 0.1) is 0 Å². The highest BCUT2D eigenvalue weighted by atomic mass is 16.5. The minimum Gasteiger partial charge on any atom is -0.489 e. The van der Waals surface area contributed by atoms with Crippen LogP contribution in [0.4, 0.5) is 0 Å². The maximum absolute atomic E-state index is 12.7. The molecular weight excluding hydrogens is 312 g/mol. The van der Waals surface area contributed by atoms with Crippen LogP contribution >= 0.6 is 0 Å². The van der Waals surface area contributed by atoms with Gasteiger partial charge in [-0.3, -0.25) is 4.79 Å². The normalized spacial score (nSPS) is 15.0. The van der Waals surface area contributed by atoms with Gasteiger partial charge in [-0.05, 0) is 51.1 Å². The molecular formula is C21H26N2O2. The Labute approximate surface area is 149 Å². The lowest BCUT2D eigenvalue weighted by Crippen LogP contribution is -2.41. The first-order chi connectivity index (χ1) is 12.1. The van der Waals surface area contributed by atoms with Crippen LogP contribution in [0.5, 0.6) is 5.75 Å². The van der Waals surface area contributed by atoms with E-state index in [9.17, 15) is 4.79 Å². The average molecular weight is 338 g/mol. The molecule has 0 radical (unpaired) electrons. The number of likely N-dealkylation sites (N-methyl/N-ethyl adjacent to an activating group) is 1. The van der Waals surface area contributed by atoms with Crippen molar-refractivity contribution in [2.75, 3.05) is 20.6 Å². The summed E-state index contributed by atoms with van der Waals surface area (Å²) in [5.41, 5.74) is 1.59. The molecule has 0 saturated heterocycles. The van der Waals surface area contributed by atoms with Gasteiger partial charge in [0, 0.05) is 23.7 Å². The Morgan fingerprint density at radius 2 is 1.80 bits per heavy atom. The van der Waals surface area contributed by atoms with Gasteiger partial charge in [0.15, 0.2) is 0 Å². The van der Waals surface area contributed by atoms with E-state index in [1.54, 1.807) is 0 Å². The van der Waals surface area contributed by atoms with Crippen molar-refractivity contribution in [3.63, 3.8) is 0 Å². The fourth-order valence-corrected chi connectivity index (χ4v) is 3.09. The molecule has 2 aromatic rings. The van der Waals surface area contributed by atoms with Crippen LogP contribution in [0.25, 0.3) is 0 Å². The van der Waals surface area contributed by atoms with Gasteiger partial charge in [-0.25, -0.2) is 0 Å². The van der Waals surface area contributed by atoms with Crippen LogP contribution < -0.4 is 10.1 Å². The molecule has 1 atom stereocenters. The van der Waals surface area contributed by atoms with Crippen LogP contribution in [-0.2, 0) is 6.61 Å². The van der Waals surface area contributed by atoms with Crippen molar-refractivity contribution in [1.29, 1.82) is 0 Å². The summed E-state index contributed by atoms with van der Waals surface area (Å²) in [5.74, 6) is 1.49. The fourth-order valence-electron chi connectivity index (χ4n) is 3.09. The highest BCUT2D eigenvalue weighted by Crippen LogP contribution is 2.34. The quantitative estimate of drug-likeness (QED) is 0.803. The molecule has 0 aliphatic heterocycles. The van der Waals surface area contributed by atoms with Crippen molar-refractivity contribution < 1.29 is 9.53 Å². The first-order valence-electron chi connectivity index (χ1n) is 8.85. The largest absolute Gasteiger partial charge is 0.489 e. The maximum atomic E-state index is 12.7. The molecule has 1 amide bonds. The van der Waals surface area contributed by atoms with E-state index in [4.69, 9.17) is 4.74 Å². The number of rotatable bonds is 8. The molecule has 3 rings (SSSR count). The zero-order valence-corrected chi connectivity index (χ0v) is 14.9. The van der Waals surface area contributed by atoms with Gasteiger partial charge >= 0.3 is 0 Å². The number of hydrogen-bond acceptors (Lipinski definition) is 3.